The lowest BCUT2D eigenvalue weighted by Crippen LogP contribution is -2.35. The van der Waals surface area contributed by atoms with Crippen molar-refractivity contribution >= 4 is 21.6 Å². The molecular weight excluding hydrogens is 332 g/mol. The molecule has 1 saturated heterocycles. The number of aromatic nitrogens is 2. The number of hydrogen-bond acceptors (Lipinski definition) is 4. The van der Waals surface area contributed by atoms with Crippen LogP contribution in [0.15, 0.2) is 15.5 Å². The van der Waals surface area contributed by atoms with Gasteiger partial charge in [0.05, 0.1) is 10.7 Å². The fourth-order valence-corrected chi connectivity index (χ4v) is 3.42. The van der Waals surface area contributed by atoms with E-state index in [1.54, 1.807) is 10.9 Å². The molecular formula is C15H23BrN4O. The lowest BCUT2D eigenvalue weighted by molar-refractivity contribution is 0.262. The first-order valence-electron chi connectivity index (χ1n) is 7.94. The Morgan fingerprint density at radius 2 is 2.14 bits per heavy atom. The highest BCUT2D eigenvalue weighted by molar-refractivity contribution is 9.10. The highest BCUT2D eigenvalue weighted by Crippen LogP contribution is 2.27. The summed E-state index contributed by atoms with van der Waals surface area (Å²) >= 11 is 3.45. The van der Waals surface area contributed by atoms with Gasteiger partial charge >= 0.3 is 0 Å². The summed E-state index contributed by atoms with van der Waals surface area (Å²) in [6.07, 6.45) is 7.91. The Hall–Kier alpha value is -0.880. The van der Waals surface area contributed by atoms with E-state index in [0.717, 1.165) is 30.7 Å². The first-order chi connectivity index (χ1) is 10.2. The average Bonchev–Trinajstić information content (AvgIpc) is 2.45. The second-order valence-corrected chi connectivity index (χ2v) is 7.10. The maximum atomic E-state index is 12.5. The fraction of sp³-hybridized carbons (Fsp3) is 0.733. The van der Waals surface area contributed by atoms with Crippen LogP contribution in [0.4, 0.5) is 5.69 Å². The van der Waals surface area contributed by atoms with E-state index in [2.05, 4.69) is 31.7 Å². The van der Waals surface area contributed by atoms with Crippen molar-refractivity contribution < 1.29 is 0 Å². The molecule has 0 aromatic carbocycles. The number of anilines is 1. The SMILES string of the molecule is O=c1c(NCC2CCCNC2)c(Br)cnn1CC1CCC1. The van der Waals surface area contributed by atoms with Crippen molar-refractivity contribution in [2.24, 2.45) is 11.8 Å². The standard InChI is InChI=1S/C15H23BrN4O/c16-13-9-19-20(10-11-3-1-4-11)15(21)14(13)18-8-12-5-2-6-17-7-12/h9,11-12,17-18H,1-8,10H2. The van der Waals surface area contributed by atoms with Gasteiger partial charge in [-0.1, -0.05) is 6.42 Å². The third-order valence-electron chi connectivity index (χ3n) is 4.62. The Morgan fingerprint density at radius 1 is 1.33 bits per heavy atom. The molecule has 0 spiro atoms. The van der Waals surface area contributed by atoms with Gasteiger partial charge in [-0.3, -0.25) is 4.79 Å². The van der Waals surface area contributed by atoms with Crippen LogP contribution in [0, 0.1) is 11.8 Å². The second-order valence-electron chi connectivity index (χ2n) is 6.24. The van der Waals surface area contributed by atoms with E-state index < -0.39 is 0 Å². The number of nitrogens with one attached hydrogen (secondary N) is 2. The zero-order valence-electron chi connectivity index (χ0n) is 12.3. The second kappa shape index (κ2) is 6.92. The fourth-order valence-electron chi connectivity index (χ4n) is 3.02. The Morgan fingerprint density at radius 3 is 2.81 bits per heavy atom. The zero-order valence-corrected chi connectivity index (χ0v) is 13.9. The minimum absolute atomic E-state index is 0.0000404. The molecule has 21 heavy (non-hydrogen) atoms. The van der Waals surface area contributed by atoms with E-state index in [1.807, 2.05) is 0 Å². The summed E-state index contributed by atoms with van der Waals surface area (Å²) in [6.45, 7) is 3.75. The molecule has 5 nitrogen and oxygen atoms in total. The molecule has 2 aliphatic rings. The van der Waals surface area contributed by atoms with Gasteiger partial charge in [0.2, 0.25) is 0 Å². The van der Waals surface area contributed by atoms with Gasteiger partial charge in [-0.2, -0.15) is 5.10 Å². The van der Waals surface area contributed by atoms with Crippen LogP contribution in [-0.4, -0.2) is 29.4 Å². The van der Waals surface area contributed by atoms with Crippen molar-refractivity contribution in [1.29, 1.82) is 0 Å². The van der Waals surface area contributed by atoms with Gasteiger partial charge < -0.3 is 10.6 Å². The molecule has 6 heteroatoms. The topological polar surface area (TPSA) is 59.0 Å². The molecule has 1 atom stereocenters. The van der Waals surface area contributed by atoms with E-state index in [9.17, 15) is 4.79 Å². The van der Waals surface area contributed by atoms with Gasteiger partial charge in [0, 0.05) is 13.1 Å². The van der Waals surface area contributed by atoms with Crippen molar-refractivity contribution in [3.63, 3.8) is 0 Å². The van der Waals surface area contributed by atoms with Crippen molar-refractivity contribution in [2.45, 2.75) is 38.6 Å². The van der Waals surface area contributed by atoms with Crippen LogP contribution in [0.1, 0.15) is 32.1 Å². The molecule has 1 aromatic heterocycles. The molecule has 116 valence electrons. The molecule has 0 amide bonds. The molecule has 2 fully saturated rings. The minimum atomic E-state index is 0.0000404. The monoisotopic (exact) mass is 354 g/mol. The van der Waals surface area contributed by atoms with Gasteiger partial charge in [-0.25, -0.2) is 4.68 Å². The number of hydrogen-bond donors (Lipinski definition) is 2. The van der Waals surface area contributed by atoms with Gasteiger partial charge in [0.15, 0.2) is 0 Å². The normalized spacial score (nSPS) is 22.8. The lowest BCUT2D eigenvalue weighted by atomic mass is 9.85. The van der Waals surface area contributed by atoms with Gasteiger partial charge in [-0.15, -0.1) is 0 Å². The smallest absolute Gasteiger partial charge is 0.291 e. The Bertz CT molecular complexity index is 535. The van der Waals surface area contributed by atoms with Crippen molar-refractivity contribution in [1.82, 2.24) is 15.1 Å². The van der Waals surface area contributed by atoms with E-state index in [-0.39, 0.29) is 5.56 Å². The molecule has 1 unspecified atom stereocenters. The van der Waals surface area contributed by atoms with E-state index in [1.165, 1.54) is 32.1 Å². The van der Waals surface area contributed by atoms with Crippen LogP contribution in [0.3, 0.4) is 0 Å². The highest BCUT2D eigenvalue weighted by Gasteiger charge is 2.20. The third-order valence-corrected chi connectivity index (χ3v) is 5.22. The zero-order chi connectivity index (χ0) is 14.7. The molecule has 1 aromatic rings. The summed E-state index contributed by atoms with van der Waals surface area (Å²) in [7, 11) is 0. The largest absolute Gasteiger partial charge is 0.379 e. The first kappa shape index (κ1) is 15.0. The van der Waals surface area contributed by atoms with Crippen molar-refractivity contribution in [2.75, 3.05) is 25.0 Å². The maximum Gasteiger partial charge on any atom is 0.291 e. The molecule has 3 rings (SSSR count). The molecule has 0 bridgehead atoms. The predicted octanol–water partition coefficient (Wildman–Crippen LogP) is 2.22. The van der Waals surface area contributed by atoms with E-state index in [0.29, 0.717) is 17.5 Å². The number of piperidine rings is 1. The lowest BCUT2D eigenvalue weighted by Gasteiger charge is -2.26. The summed E-state index contributed by atoms with van der Waals surface area (Å²) in [5.74, 6) is 1.23. The summed E-state index contributed by atoms with van der Waals surface area (Å²) in [5, 5.41) is 11.0. The van der Waals surface area contributed by atoms with Crippen LogP contribution in [0.5, 0.6) is 0 Å². The van der Waals surface area contributed by atoms with Crippen LogP contribution >= 0.6 is 15.9 Å². The number of rotatable bonds is 5. The highest BCUT2D eigenvalue weighted by atomic mass is 79.9. The van der Waals surface area contributed by atoms with Crippen LogP contribution in [-0.2, 0) is 6.54 Å². The summed E-state index contributed by atoms with van der Waals surface area (Å²) in [6, 6.07) is 0. The van der Waals surface area contributed by atoms with Crippen molar-refractivity contribution in [3.8, 4) is 0 Å². The Labute approximate surface area is 133 Å². The molecule has 2 heterocycles. The van der Waals surface area contributed by atoms with Gasteiger partial charge in [0.1, 0.15) is 5.69 Å². The van der Waals surface area contributed by atoms with Crippen LogP contribution in [0.2, 0.25) is 0 Å². The van der Waals surface area contributed by atoms with Crippen molar-refractivity contribution in [3.05, 3.63) is 21.0 Å². The summed E-state index contributed by atoms with van der Waals surface area (Å²) in [5.41, 5.74) is 0.662. The van der Waals surface area contributed by atoms with Crippen LogP contribution in [0.25, 0.3) is 0 Å². The quantitative estimate of drug-likeness (QED) is 0.850. The summed E-state index contributed by atoms with van der Waals surface area (Å²) in [4.78, 5) is 12.5. The first-order valence-corrected chi connectivity index (χ1v) is 8.73. The predicted molar refractivity (Wildman–Crippen MR) is 87.6 cm³/mol. The molecule has 1 aliphatic carbocycles. The average molecular weight is 355 g/mol. The summed E-state index contributed by atoms with van der Waals surface area (Å²) < 4.78 is 2.39. The van der Waals surface area contributed by atoms with Gasteiger partial charge in [-0.05, 0) is 66.5 Å². The van der Waals surface area contributed by atoms with Crippen LogP contribution < -0.4 is 16.2 Å². The molecule has 1 aliphatic heterocycles. The third kappa shape index (κ3) is 3.66. The minimum Gasteiger partial charge on any atom is -0.379 e. The van der Waals surface area contributed by atoms with E-state index >= 15 is 0 Å². The molecule has 0 radical (unpaired) electrons. The Balaban J connectivity index is 1.67. The molecule has 2 N–H and O–H groups in total. The number of halogens is 1. The number of nitrogens with zero attached hydrogens (tertiary/aromatic N) is 2. The van der Waals surface area contributed by atoms with E-state index in [4.69, 9.17) is 0 Å². The Kier molecular flexibility index (Phi) is 4.95. The maximum absolute atomic E-state index is 12.5. The van der Waals surface area contributed by atoms with Gasteiger partial charge in [0.25, 0.3) is 5.56 Å². The molecule has 1 saturated carbocycles.